The van der Waals surface area contributed by atoms with Gasteiger partial charge in [0.25, 0.3) is 5.91 Å². The number of benzene rings is 1. The van der Waals surface area contributed by atoms with Crippen molar-refractivity contribution < 1.29 is 18.7 Å². The zero-order valence-corrected chi connectivity index (χ0v) is 15.0. The van der Waals surface area contributed by atoms with Gasteiger partial charge in [-0.25, -0.2) is 9.18 Å². The van der Waals surface area contributed by atoms with Crippen LogP contribution >= 0.6 is 0 Å². The second-order valence-electron chi connectivity index (χ2n) is 8.10. The SMILES string of the molecule is C[C@H]1CC(C)(C)C[C@]2(C1)NC(=O)N(CCOc1ccccc1F)C2=O. The predicted molar refractivity (Wildman–Crippen MR) is 91.7 cm³/mol. The van der Waals surface area contributed by atoms with Crippen LogP contribution in [0.3, 0.4) is 0 Å². The molecule has 1 aromatic carbocycles. The monoisotopic (exact) mass is 348 g/mol. The van der Waals surface area contributed by atoms with Gasteiger partial charge in [-0.2, -0.15) is 0 Å². The van der Waals surface area contributed by atoms with E-state index >= 15 is 0 Å². The summed E-state index contributed by atoms with van der Waals surface area (Å²) >= 11 is 0. The summed E-state index contributed by atoms with van der Waals surface area (Å²) < 4.78 is 19.0. The molecular weight excluding hydrogens is 323 g/mol. The highest BCUT2D eigenvalue weighted by Gasteiger charge is 2.55. The van der Waals surface area contributed by atoms with Crippen molar-refractivity contribution in [2.75, 3.05) is 13.2 Å². The molecule has 1 aliphatic heterocycles. The molecule has 25 heavy (non-hydrogen) atoms. The molecule has 6 heteroatoms. The van der Waals surface area contributed by atoms with Gasteiger partial charge in [0.1, 0.15) is 12.1 Å². The minimum Gasteiger partial charge on any atom is -0.489 e. The fourth-order valence-corrected chi connectivity index (χ4v) is 4.52. The lowest BCUT2D eigenvalue weighted by atomic mass is 9.64. The van der Waals surface area contributed by atoms with Gasteiger partial charge in [-0.15, -0.1) is 0 Å². The van der Waals surface area contributed by atoms with E-state index in [1.165, 1.54) is 17.0 Å². The Labute approximate surface area is 147 Å². The normalized spacial score (nSPS) is 28.3. The number of imide groups is 1. The first-order valence-corrected chi connectivity index (χ1v) is 8.74. The number of hydrogen-bond donors (Lipinski definition) is 1. The van der Waals surface area contributed by atoms with E-state index in [2.05, 4.69) is 26.1 Å². The Hall–Kier alpha value is -2.11. The van der Waals surface area contributed by atoms with Crippen molar-refractivity contribution in [3.8, 4) is 5.75 Å². The molecule has 0 bridgehead atoms. The molecule has 5 nitrogen and oxygen atoms in total. The van der Waals surface area contributed by atoms with Crippen LogP contribution in [0.4, 0.5) is 9.18 Å². The summed E-state index contributed by atoms with van der Waals surface area (Å²) in [5.74, 6) is -0.160. The Kier molecular flexibility index (Phi) is 4.47. The molecule has 0 unspecified atom stereocenters. The number of nitrogens with zero attached hydrogens (tertiary/aromatic N) is 1. The average molecular weight is 348 g/mol. The molecule has 2 fully saturated rings. The predicted octanol–water partition coefficient (Wildman–Crippen LogP) is 3.34. The Morgan fingerprint density at radius 1 is 1.28 bits per heavy atom. The van der Waals surface area contributed by atoms with Crippen LogP contribution in [0, 0.1) is 17.2 Å². The quantitative estimate of drug-likeness (QED) is 0.849. The van der Waals surface area contributed by atoms with Gasteiger partial charge in [0.2, 0.25) is 0 Å². The summed E-state index contributed by atoms with van der Waals surface area (Å²) in [6.45, 7) is 6.55. The number of carbonyl (C=O) groups excluding carboxylic acids is 2. The molecule has 1 saturated heterocycles. The minimum atomic E-state index is -0.809. The summed E-state index contributed by atoms with van der Waals surface area (Å²) in [4.78, 5) is 26.5. The molecule has 2 aliphatic rings. The van der Waals surface area contributed by atoms with Gasteiger partial charge in [-0.05, 0) is 42.7 Å². The Balaban J connectivity index is 1.66. The molecule has 136 valence electrons. The van der Waals surface area contributed by atoms with Crippen molar-refractivity contribution in [2.24, 2.45) is 11.3 Å². The first-order chi connectivity index (χ1) is 11.7. The van der Waals surface area contributed by atoms with Crippen LogP contribution in [0.15, 0.2) is 24.3 Å². The van der Waals surface area contributed by atoms with Crippen LogP contribution in [-0.4, -0.2) is 35.5 Å². The molecule has 1 saturated carbocycles. The molecule has 1 aromatic rings. The maximum Gasteiger partial charge on any atom is 0.325 e. The number of para-hydroxylation sites is 1. The van der Waals surface area contributed by atoms with Crippen LogP contribution in [-0.2, 0) is 4.79 Å². The Morgan fingerprint density at radius 2 is 2.00 bits per heavy atom. The molecular formula is C19H25FN2O3. The van der Waals surface area contributed by atoms with Crippen LogP contribution < -0.4 is 10.1 Å². The zero-order valence-electron chi connectivity index (χ0n) is 15.0. The highest BCUT2D eigenvalue weighted by atomic mass is 19.1. The number of ether oxygens (including phenoxy) is 1. The van der Waals surface area contributed by atoms with E-state index in [9.17, 15) is 14.0 Å². The largest absolute Gasteiger partial charge is 0.489 e. The van der Waals surface area contributed by atoms with Crippen LogP contribution in [0.1, 0.15) is 40.0 Å². The molecule has 1 N–H and O–H groups in total. The summed E-state index contributed by atoms with van der Waals surface area (Å²) in [6.07, 6.45) is 2.33. The number of halogens is 1. The maximum absolute atomic E-state index is 13.6. The van der Waals surface area contributed by atoms with Crippen molar-refractivity contribution in [1.82, 2.24) is 10.2 Å². The van der Waals surface area contributed by atoms with Crippen LogP contribution in [0.25, 0.3) is 0 Å². The molecule has 0 radical (unpaired) electrons. The lowest BCUT2D eigenvalue weighted by molar-refractivity contribution is -0.135. The van der Waals surface area contributed by atoms with Gasteiger partial charge in [0, 0.05) is 0 Å². The van der Waals surface area contributed by atoms with Gasteiger partial charge in [0.05, 0.1) is 6.54 Å². The highest BCUT2D eigenvalue weighted by molar-refractivity contribution is 6.07. The summed E-state index contributed by atoms with van der Waals surface area (Å²) in [5.41, 5.74) is -0.809. The van der Waals surface area contributed by atoms with Crippen molar-refractivity contribution >= 4 is 11.9 Å². The second-order valence-corrected chi connectivity index (χ2v) is 8.10. The number of urea groups is 1. The van der Waals surface area contributed by atoms with Gasteiger partial charge in [-0.1, -0.05) is 32.9 Å². The van der Waals surface area contributed by atoms with E-state index in [1.54, 1.807) is 12.1 Å². The van der Waals surface area contributed by atoms with Gasteiger partial charge < -0.3 is 10.1 Å². The van der Waals surface area contributed by atoms with Crippen molar-refractivity contribution in [3.05, 3.63) is 30.1 Å². The van der Waals surface area contributed by atoms with Crippen molar-refractivity contribution in [2.45, 2.75) is 45.6 Å². The van der Waals surface area contributed by atoms with Crippen LogP contribution in [0.2, 0.25) is 0 Å². The summed E-state index contributed by atoms with van der Waals surface area (Å²) in [5, 5.41) is 2.92. The van der Waals surface area contributed by atoms with Gasteiger partial charge in [-0.3, -0.25) is 9.69 Å². The maximum atomic E-state index is 13.6. The molecule has 1 aliphatic carbocycles. The number of rotatable bonds is 4. The Morgan fingerprint density at radius 3 is 2.68 bits per heavy atom. The third-order valence-electron chi connectivity index (χ3n) is 5.03. The van der Waals surface area contributed by atoms with Crippen LogP contribution in [0.5, 0.6) is 5.75 Å². The van der Waals surface area contributed by atoms with E-state index in [0.717, 1.165) is 6.42 Å². The fraction of sp³-hybridized carbons (Fsp3) is 0.579. The molecule has 3 amide bonds. The molecule has 2 atom stereocenters. The third-order valence-corrected chi connectivity index (χ3v) is 5.03. The second kappa shape index (κ2) is 6.32. The van der Waals surface area contributed by atoms with E-state index in [1.807, 2.05) is 0 Å². The summed E-state index contributed by atoms with van der Waals surface area (Å²) in [6, 6.07) is 5.70. The highest BCUT2D eigenvalue weighted by Crippen LogP contribution is 2.46. The number of nitrogens with one attached hydrogen (secondary N) is 1. The summed E-state index contributed by atoms with van der Waals surface area (Å²) in [7, 11) is 0. The molecule has 1 heterocycles. The topological polar surface area (TPSA) is 58.6 Å². The lowest BCUT2D eigenvalue weighted by Gasteiger charge is -2.43. The number of hydrogen-bond acceptors (Lipinski definition) is 3. The van der Waals surface area contributed by atoms with Crippen molar-refractivity contribution in [1.29, 1.82) is 0 Å². The average Bonchev–Trinajstić information content (AvgIpc) is 2.70. The van der Waals surface area contributed by atoms with E-state index in [-0.39, 0.29) is 36.3 Å². The lowest BCUT2D eigenvalue weighted by Crippen LogP contribution is -2.54. The third kappa shape index (κ3) is 3.48. The first kappa shape index (κ1) is 17.7. The first-order valence-electron chi connectivity index (χ1n) is 8.74. The smallest absolute Gasteiger partial charge is 0.325 e. The molecule has 1 spiro atoms. The van der Waals surface area contributed by atoms with E-state index in [0.29, 0.717) is 18.8 Å². The number of carbonyl (C=O) groups is 2. The van der Waals surface area contributed by atoms with Crippen molar-refractivity contribution in [3.63, 3.8) is 0 Å². The zero-order chi connectivity index (χ0) is 18.2. The number of amides is 3. The van der Waals surface area contributed by atoms with E-state index < -0.39 is 11.4 Å². The molecule has 3 rings (SSSR count). The van der Waals surface area contributed by atoms with Gasteiger partial charge >= 0.3 is 6.03 Å². The molecule has 0 aromatic heterocycles. The standard InChI is InChI=1S/C19H25FN2O3/c1-13-10-18(2,3)12-19(11-13)16(23)22(17(24)21-19)8-9-25-15-7-5-4-6-14(15)20/h4-7,13H,8-12H2,1-3H3,(H,21,24)/t13-,19-/m0/s1. The van der Waals surface area contributed by atoms with Gasteiger partial charge in [0.15, 0.2) is 11.6 Å². The Bertz CT molecular complexity index is 691. The minimum absolute atomic E-state index is 0.000282. The van der Waals surface area contributed by atoms with E-state index in [4.69, 9.17) is 4.74 Å². The fourth-order valence-electron chi connectivity index (χ4n) is 4.52.